The second kappa shape index (κ2) is 7.71. The first kappa shape index (κ1) is 16.2. The zero-order valence-electron chi connectivity index (χ0n) is 12.1. The predicted molar refractivity (Wildman–Crippen MR) is 90.6 cm³/mol. The molecule has 2 nitrogen and oxygen atoms in total. The molecule has 0 aliphatic heterocycles. The molecule has 0 spiro atoms. The first-order chi connectivity index (χ1) is 10.2. The Bertz CT molecular complexity index is 601. The zero-order valence-corrected chi connectivity index (χ0v) is 14.4. The molecule has 0 heterocycles. The SMILES string of the molecule is CCCOc1ccc(C(Cl)c2ccccc2OC)cc1Br. The summed E-state index contributed by atoms with van der Waals surface area (Å²) >= 11 is 10.1. The molecule has 21 heavy (non-hydrogen) atoms. The normalized spacial score (nSPS) is 12.0. The van der Waals surface area contributed by atoms with Crippen LogP contribution < -0.4 is 9.47 Å². The molecule has 0 saturated carbocycles. The van der Waals surface area contributed by atoms with Gasteiger partial charge in [-0.25, -0.2) is 0 Å². The van der Waals surface area contributed by atoms with E-state index < -0.39 is 0 Å². The summed E-state index contributed by atoms with van der Waals surface area (Å²) in [6.07, 6.45) is 0.980. The number of hydrogen-bond acceptors (Lipinski definition) is 2. The van der Waals surface area contributed by atoms with Gasteiger partial charge in [-0.1, -0.05) is 31.2 Å². The summed E-state index contributed by atoms with van der Waals surface area (Å²) in [6, 6.07) is 13.7. The number of hydrogen-bond donors (Lipinski definition) is 0. The van der Waals surface area contributed by atoms with Crippen LogP contribution in [0.4, 0.5) is 0 Å². The number of benzene rings is 2. The van der Waals surface area contributed by atoms with Crippen molar-refractivity contribution in [3.63, 3.8) is 0 Å². The lowest BCUT2D eigenvalue weighted by Crippen LogP contribution is -1.99. The van der Waals surface area contributed by atoms with Gasteiger partial charge in [0.05, 0.1) is 23.6 Å². The molecule has 0 aliphatic carbocycles. The lowest BCUT2D eigenvalue weighted by atomic mass is 10.0. The highest BCUT2D eigenvalue weighted by molar-refractivity contribution is 9.10. The Labute approximate surface area is 139 Å². The standard InChI is InChI=1S/C17H18BrClO2/c1-3-10-21-16-9-8-12(11-14(16)18)17(19)13-6-4-5-7-15(13)20-2/h4-9,11,17H,3,10H2,1-2H3. The van der Waals surface area contributed by atoms with Crippen LogP contribution in [-0.4, -0.2) is 13.7 Å². The van der Waals surface area contributed by atoms with E-state index in [2.05, 4.69) is 22.9 Å². The quantitative estimate of drug-likeness (QED) is 0.619. The topological polar surface area (TPSA) is 18.5 Å². The number of ether oxygens (including phenoxy) is 2. The summed E-state index contributed by atoms with van der Waals surface area (Å²) < 4.78 is 11.9. The largest absolute Gasteiger partial charge is 0.496 e. The van der Waals surface area contributed by atoms with Crippen molar-refractivity contribution < 1.29 is 9.47 Å². The van der Waals surface area contributed by atoms with Gasteiger partial charge >= 0.3 is 0 Å². The molecule has 2 aromatic carbocycles. The Morgan fingerprint density at radius 3 is 2.57 bits per heavy atom. The van der Waals surface area contributed by atoms with E-state index in [4.69, 9.17) is 21.1 Å². The summed E-state index contributed by atoms with van der Waals surface area (Å²) in [5.41, 5.74) is 1.95. The van der Waals surface area contributed by atoms with Crippen molar-refractivity contribution in [2.45, 2.75) is 18.7 Å². The average molecular weight is 370 g/mol. The Morgan fingerprint density at radius 1 is 1.14 bits per heavy atom. The molecular weight excluding hydrogens is 352 g/mol. The van der Waals surface area contributed by atoms with E-state index in [-0.39, 0.29) is 5.38 Å². The maximum Gasteiger partial charge on any atom is 0.133 e. The van der Waals surface area contributed by atoms with Gasteiger partial charge in [-0.05, 0) is 46.1 Å². The van der Waals surface area contributed by atoms with Gasteiger partial charge in [0.2, 0.25) is 0 Å². The van der Waals surface area contributed by atoms with Gasteiger partial charge in [0, 0.05) is 5.56 Å². The maximum absolute atomic E-state index is 6.60. The molecule has 0 saturated heterocycles. The zero-order chi connectivity index (χ0) is 15.2. The van der Waals surface area contributed by atoms with E-state index in [1.807, 2.05) is 42.5 Å². The molecule has 4 heteroatoms. The van der Waals surface area contributed by atoms with Crippen LogP contribution in [0, 0.1) is 0 Å². The molecule has 2 aromatic rings. The van der Waals surface area contributed by atoms with Crippen molar-refractivity contribution in [2.75, 3.05) is 13.7 Å². The summed E-state index contributed by atoms with van der Waals surface area (Å²) in [5.74, 6) is 1.63. The minimum atomic E-state index is -0.266. The third kappa shape index (κ3) is 3.92. The van der Waals surface area contributed by atoms with Crippen LogP contribution in [0.1, 0.15) is 29.8 Å². The molecule has 1 atom stereocenters. The van der Waals surface area contributed by atoms with Crippen molar-refractivity contribution in [2.24, 2.45) is 0 Å². The van der Waals surface area contributed by atoms with E-state index in [0.29, 0.717) is 6.61 Å². The average Bonchev–Trinajstić information content (AvgIpc) is 2.53. The number of rotatable bonds is 6. The van der Waals surface area contributed by atoms with E-state index in [9.17, 15) is 0 Å². The first-order valence-corrected chi connectivity index (χ1v) is 8.09. The van der Waals surface area contributed by atoms with E-state index >= 15 is 0 Å². The fourth-order valence-corrected chi connectivity index (χ4v) is 2.89. The van der Waals surface area contributed by atoms with E-state index in [0.717, 1.165) is 33.5 Å². The van der Waals surface area contributed by atoms with Gasteiger partial charge < -0.3 is 9.47 Å². The molecule has 0 amide bonds. The van der Waals surface area contributed by atoms with Crippen LogP contribution in [0.3, 0.4) is 0 Å². The summed E-state index contributed by atoms with van der Waals surface area (Å²) in [4.78, 5) is 0. The second-order valence-electron chi connectivity index (χ2n) is 4.64. The van der Waals surface area contributed by atoms with Gasteiger partial charge in [0.1, 0.15) is 11.5 Å². The number of methoxy groups -OCH3 is 1. The van der Waals surface area contributed by atoms with E-state index in [1.165, 1.54) is 0 Å². The smallest absolute Gasteiger partial charge is 0.133 e. The number of alkyl halides is 1. The van der Waals surface area contributed by atoms with Crippen molar-refractivity contribution in [3.05, 3.63) is 58.1 Å². The predicted octanol–water partition coefficient (Wildman–Crippen LogP) is 5.57. The molecule has 1 unspecified atom stereocenters. The van der Waals surface area contributed by atoms with Crippen molar-refractivity contribution in [1.82, 2.24) is 0 Å². The first-order valence-electron chi connectivity index (χ1n) is 6.86. The minimum Gasteiger partial charge on any atom is -0.496 e. The van der Waals surface area contributed by atoms with Crippen LogP contribution in [0.2, 0.25) is 0 Å². The molecule has 2 rings (SSSR count). The van der Waals surface area contributed by atoms with Crippen LogP contribution in [0.15, 0.2) is 46.9 Å². The summed E-state index contributed by atoms with van der Waals surface area (Å²) in [7, 11) is 1.65. The highest BCUT2D eigenvalue weighted by atomic mass is 79.9. The van der Waals surface area contributed by atoms with Crippen LogP contribution in [-0.2, 0) is 0 Å². The Morgan fingerprint density at radius 2 is 1.90 bits per heavy atom. The van der Waals surface area contributed by atoms with E-state index in [1.54, 1.807) is 7.11 Å². The number of para-hydroxylation sites is 1. The third-order valence-corrected chi connectivity index (χ3v) is 4.23. The van der Waals surface area contributed by atoms with Gasteiger partial charge in [-0.3, -0.25) is 0 Å². The highest BCUT2D eigenvalue weighted by Crippen LogP contribution is 2.37. The fraction of sp³-hybridized carbons (Fsp3) is 0.294. The van der Waals surface area contributed by atoms with Crippen molar-refractivity contribution >= 4 is 27.5 Å². The molecule has 112 valence electrons. The third-order valence-electron chi connectivity index (χ3n) is 3.12. The Balaban J connectivity index is 2.27. The fourth-order valence-electron chi connectivity index (χ4n) is 2.06. The summed E-state index contributed by atoms with van der Waals surface area (Å²) in [5, 5.41) is -0.266. The molecule has 0 aromatic heterocycles. The monoisotopic (exact) mass is 368 g/mol. The van der Waals surface area contributed by atoms with Crippen molar-refractivity contribution in [3.8, 4) is 11.5 Å². The van der Waals surface area contributed by atoms with Crippen LogP contribution >= 0.6 is 27.5 Å². The Hall–Kier alpha value is -1.19. The van der Waals surface area contributed by atoms with Gasteiger partial charge in [0.25, 0.3) is 0 Å². The lowest BCUT2D eigenvalue weighted by Gasteiger charge is -2.15. The van der Waals surface area contributed by atoms with Gasteiger partial charge in [-0.2, -0.15) is 0 Å². The van der Waals surface area contributed by atoms with Crippen LogP contribution in [0.5, 0.6) is 11.5 Å². The minimum absolute atomic E-state index is 0.266. The molecule has 0 fully saturated rings. The van der Waals surface area contributed by atoms with Gasteiger partial charge in [-0.15, -0.1) is 11.6 Å². The summed E-state index contributed by atoms with van der Waals surface area (Å²) in [6.45, 7) is 2.79. The number of halogens is 2. The highest BCUT2D eigenvalue weighted by Gasteiger charge is 2.16. The lowest BCUT2D eigenvalue weighted by molar-refractivity contribution is 0.315. The molecular formula is C17H18BrClO2. The van der Waals surface area contributed by atoms with Crippen LogP contribution in [0.25, 0.3) is 0 Å². The maximum atomic E-state index is 6.60. The molecule has 0 aliphatic rings. The molecule has 0 bridgehead atoms. The molecule has 0 radical (unpaired) electrons. The molecule has 0 N–H and O–H groups in total. The Kier molecular flexibility index (Phi) is 5.95. The van der Waals surface area contributed by atoms with Gasteiger partial charge in [0.15, 0.2) is 0 Å². The second-order valence-corrected chi connectivity index (χ2v) is 5.93. The van der Waals surface area contributed by atoms with Crippen molar-refractivity contribution in [1.29, 1.82) is 0 Å².